The van der Waals surface area contributed by atoms with E-state index in [-0.39, 0.29) is 16.2 Å². The van der Waals surface area contributed by atoms with Crippen LogP contribution in [0.15, 0.2) is 47.4 Å². The normalized spacial score (nSPS) is 11.6. The van der Waals surface area contributed by atoms with Gasteiger partial charge >= 0.3 is 5.97 Å². The molecule has 0 radical (unpaired) electrons. The number of carboxylic acids is 1. The second-order valence-electron chi connectivity index (χ2n) is 4.25. The third-order valence-corrected chi connectivity index (χ3v) is 4.18. The minimum atomic E-state index is -1.73. The molecule has 2 rings (SSSR count). The first kappa shape index (κ1) is 14.9. The lowest BCUT2D eigenvalue weighted by Crippen LogP contribution is -2.03. The lowest BCUT2D eigenvalue weighted by atomic mass is 10.2. The molecule has 0 saturated heterocycles. The molecule has 0 aliphatic rings. The number of rotatable bonds is 4. The van der Waals surface area contributed by atoms with Crippen LogP contribution >= 0.6 is 0 Å². The predicted octanol–water partition coefficient (Wildman–Crippen LogP) is 2.70. The Balaban J connectivity index is 2.30. The van der Waals surface area contributed by atoms with E-state index in [1.807, 2.05) is 6.07 Å². The van der Waals surface area contributed by atoms with Crippen LogP contribution in [0.1, 0.15) is 21.5 Å². The van der Waals surface area contributed by atoms with Gasteiger partial charge in [0.2, 0.25) is 0 Å². The van der Waals surface area contributed by atoms with Gasteiger partial charge in [0.25, 0.3) is 0 Å². The summed E-state index contributed by atoms with van der Waals surface area (Å²) in [6.45, 7) is 0. The number of benzene rings is 2. The van der Waals surface area contributed by atoms with Crippen molar-refractivity contribution in [3.63, 3.8) is 0 Å². The van der Waals surface area contributed by atoms with Gasteiger partial charge in [0.15, 0.2) is 0 Å². The maximum absolute atomic E-state index is 13.7. The first-order chi connectivity index (χ1) is 10.0. The Morgan fingerprint density at radius 3 is 2.71 bits per heavy atom. The highest BCUT2D eigenvalue weighted by atomic mass is 32.2. The van der Waals surface area contributed by atoms with Crippen molar-refractivity contribution in [3.05, 3.63) is 65.0 Å². The van der Waals surface area contributed by atoms with Crippen LogP contribution in [0.4, 0.5) is 4.39 Å². The molecule has 0 bridgehead atoms. The molecule has 21 heavy (non-hydrogen) atoms. The molecule has 0 amide bonds. The third kappa shape index (κ3) is 3.52. The lowest BCUT2D eigenvalue weighted by Gasteiger charge is -2.05. The molecule has 0 saturated carbocycles. The molecule has 1 atom stereocenters. The first-order valence-corrected chi connectivity index (χ1v) is 7.23. The minimum Gasteiger partial charge on any atom is -0.478 e. The maximum Gasteiger partial charge on any atom is 0.335 e. The molecule has 1 N–H and O–H groups in total. The average Bonchev–Trinajstić information content (AvgIpc) is 2.47. The Hall–Kier alpha value is -2.52. The Kier molecular flexibility index (Phi) is 4.45. The molecule has 6 heteroatoms. The van der Waals surface area contributed by atoms with Crippen LogP contribution in [0.3, 0.4) is 0 Å². The van der Waals surface area contributed by atoms with Gasteiger partial charge in [0.05, 0.1) is 38.6 Å². The summed E-state index contributed by atoms with van der Waals surface area (Å²) in [5.74, 6) is -1.91. The molecule has 2 aromatic carbocycles. The van der Waals surface area contributed by atoms with E-state index in [2.05, 4.69) is 0 Å². The largest absolute Gasteiger partial charge is 0.478 e. The first-order valence-electron chi connectivity index (χ1n) is 5.91. The molecular weight excluding hydrogens is 293 g/mol. The quantitative estimate of drug-likeness (QED) is 0.942. The van der Waals surface area contributed by atoms with Gasteiger partial charge in [-0.15, -0.1) is 0 Å². The van der Waals surface area contributed by atoms with Crippen LogP contribution < -0.4 is 0 Å². The molecular formula is C15H10FNO3S. The molecule has 0 aliphatic carbocycles. The molecule has 4 nitrogen and oxygen atoms in total. The molecule has 0 aliphatic heterocycles. The van der Waals surface area contributed by atoms with E-state index in [0.717, 1.165) is 18.2 Å². The number of carboxylic acid groups (broad SMARTS) is 1. The fourth-order valence-electron chi connectivity index (χ4n) is 1.77. The van der Waals surface area contributed by atoms with Crippen LogP contribution in [0, 0.1) is 17.1 Å². The van der Waals surface area contributed by atoms with Gasteiger partial charge in [0, 0.05) is 0 Å². The minimum absolute atomic E-state index is 0.00944. The summed E-state index contributed by atoms with van der Waals surface area (Å²) in [7, 11) is -1.73. The highest BCUT2D eigenvalue weighted by Gasteiger charge is 2.14. The van der Waals surface area contributed by atoms with E-state index in [1.54, 1.807) is 24.3 Å². The van der Waals surface area contributed by atoms with Crippen molar-refractivity contribution in [1.82, 2.24) is 0 Å². The standard InChI is InChI=1S/C15H10FNO3S/c16-13-5-4-12(15(18)19)7-14(13)21(20)9-11-3-1-2-10(6-11)8-17/h1-7H,9H2,(H,18,19). The number of hydrogen-bond acceptors (Lipinski definition) is 3. The van der Waals surface area contributed by atoms with Gasteiger partial charge in [0.1, 0.15) is 5.82 Å². The lowest BCUT2D eigenvalue weighted by molar-refractivity contribution is 0.0696. The van der Waals surface area contributed by atoms with E-state index < -0.39 is 22.6 Å². The molecule has 1 unspecified atom stereocenters. The van der Waals surface area contributed by atoms with Crippen LogP contribution in [-0.2, 0) is 16.6 Å². The number of aromatic carboxylic acids is 1. The second kappa shape index (κ2) is 6.29. The topological polar surface area (TPSA) is 78.2 Å². The van der Waals surface area contributed by atoms with Gasteiger partial charge in [-0.2, -0.15) is 5.26 Å². The fraction of sp³-hybridized carbons (Fsp3) is 0.0667. The van der Waals surface area contributed by atoms with Gasteiger partial charge in [-0.05, 0) is 35.9 Å². The summed E-state index contributed by atoms with van der Waals surface area (Å²) < 4.78 is 25.9. The van der Waals surface area contributed by atoms with E-state index in [0.29, 0.717) is 11.1 Å². The number of nitriles is 1. The number of nitrogens with zero attached hydrogens (tertiary/aromatic N) is 1. The third-order valence-electron chi connectivity index (χ3n) is 2.78. The summed E-state index contributed by atoms with van der Waals surface area (Å²) in [5.41, 5.74) is 0.919. The van der Waals surface area contributed by atoms with E-state index in [9.17, 15) is 13.4 Å². The maximum atomic E-state index is 13.7. The summed E-state index contributed by atoms with van der Waals surface area (Å²) in [4.78, 5) is 10.7. The van der Waals surface area contributed by atoms with Crippen molar-refractivity contribution in [2.45, 2.75) is 10.6 Å². The van der Waals surface area contributed by atoms with E-state index in [4.69, 9.17) is 10.4 Å². The van der Waals surface area contributed by atoms with Crippen molar-refractivity contribution >= 4 is 16.8 Å². The number of hydrogen-bond donors (Lipinski definition) is 1. The van der Waals surface area contributed by atoms with Crippen molar-refractivity contribution in [2.75, 3.05) is 0 Å². The molecule has 106 valence electrons. The Morgan fingerprint density at radius 1 is 1.29 bits per heavy atom. The highest BCUT2D eigenvalue weighted by Crippen LogP contribution is 2.18. The fourth-order valence-corrected chi connectivity index (χ4v) is 2.95. The van der Waals surface area contributed by atoms with Gasteiger partial charge in [-0.1, -0.05) is 12.1 Å². The Labute approximate surface area is 122 Å². The SMILES string of the molecule is N#Cc1cccc(CS(=O)c2cc(C(=O)O)ccc2F)c1. The molecule has 0 heterocycles. The Bertz CT molecular complexity index is 768. The van der Waals surface area contributed by atoms with Crippen molar-refractivity contribution in [2.24, 2.45) is 0 Å². The zero-order chi connectivity index (χ0) is 15.4. The highest BCUT2D eigenvalue weighted by molar-refractivity contribution is 7.84. The molecule has 0 fully saturated rings. The number of halogens is 1. The van der Waals surface area contributed by atoms with Crippen molar-refractivity contribution in [1.29, 1.82) is 5.26 Å². The zero-order valence-electron chi connectivity index (χ0n) is 10.7. The van der Waals surface area contributed by atoms with E-state index in [1.165, 1.54) is 0 Å². The number of carbonyl (C=O) groups is 1. The molecule has 0 spiro atoms. The molecule has 2 aromatic rings. The second-order valence-corrected chi connectivity index (χ2v) is 5.67. The van der Waals surface area contributed by atoms with Gasteiger partial charge in [-0.3, -0.25) is 4.21 Å². The Morgan fingerprint density at radius 2 is 2.05 bits per heavy atom. The van der Waals surface area contributed by atoms with E-state index >= 15 is 0 Å². The monoisotopic (exact) mass is 303 g/mol. The van der Waals surface area contributed by atoms with Crippen LogP contribution in [0.2, 0.25) is 0 Å². The van der Waals surface area contributed by atoms with Gasteiger partial charge in [-0.25, -0.2) is 9.18 Å². The van der Waals surface area contributed by atoms with Crippen molar-refractivity contribution in [3.8, 4) is 6.07 Å². The summed E-state index contributed by atoms with van der Waals surface area (Å²) in [5, 5.41) is 17.7. The van der Waals surface area contributed by atoms with Crippen molar-refractivity contribution < 1.29 is 18.5 Å². The zero-order valence-corrected chi connectivity index (χ0v) is 11.6. The van der Waals surface area contributed by atoms with Crippen LogP contribution in [0.5, 0.6) is 0 Å². The smallest absolute Gasteiger partial charge is 0.335 e. The summed E-state index contributed by atoms with van der Waals surface area (Å²) in [6, 6.07) is 11.6. The average molecular weight is 303 g/mol. The summed E-state index contributed by atoms with van der Waals surface area (Å²) >= 11 is 0. The van der Waals surface area contributed by atoms with Crippen LogP contribution in [-0.4, -0.2) is 15.3 Å². The molecule has 0 aromatic heterocycles. The predicted molar refractivity (Wildman–Crippen MR) is 74.6 cm³/mol. The summed E-state index contributed by atoms with van der Waals surface area (Å²) in [6.07, 6.45) is 0. The van der Waals surface area contributed by atoms with Gasteiger partial charge < -0.3 is 5.11 Å². The van der Waals surface area contributed by atoms with Crippen LogP contribution in [0.25, 0.3) is 0 Å².